The second-order valence-corrected chi connectivity index (χ2v) is 7.34. The number of likely N-dealkylation sites (tertiary alicyclic amines) is 1. The second kappa shape index (κ2) is 7.20. The molecule has 0 bridgehead atoms. The van der Waals surface area contributed by atoms with Crippen molar-refractivity contribution in [2.45, 2.75) is 19.0 Å². The van der Waals surface area contributed by atoms with Gasteiger partial charge in [-0.25, -0.2) is 9.07 Å². The average Bonchev–Trinajstić information content (AvgIpc) is 3.24. The molecule has 1 aromatic carbocycles. The molecule has 3 heterocycles. The van der Waals surface area contributed by atoms with Gasteiger partial charge in [0.25, 0.3) is 5.91 Å². The maximum Gasteiger partial charge on any atom is 0.434 e. The molecule has 2 aliphatic heterocycles. The predicted molar refractivity (Wildman–Crippen MR) is 93.5 cm³/mol. The highest BCUT2D eigenvalue weighted by Crippen LogP contribution is 2.35. The van der Waals surface area contributed by atoms with Crippen LogP contribution < -0.4 is 5.32 Å². The summed E-state index contributed by atoms with van der Waals surface area (Å²) in [5.74, 6) is -0.303. The van der Waals surface area contributed by atoms with Gasteiger partial charge >= 0.3 is 6.18 Å². The van der Waals surface area contributed by atoms with Gasteiger partial charge in [0, 0.05) is 13.1 Å². The number of aromatic nitrogens is 2. The third-order valence-corrected chi connectivity index (χ3v) is 5.65. The zero-order valence-electron chi connectivity index (χ0n) is 15.0. The van der Waals surface area contributed by atoms with Crippen LogP contribution in [0.25, 0.3) is 5.69 Å². The predicted octanol–water partition coefficient (Wildman–Crippen LogP) is 3.10. The number of hydrogen-bond donors (Lipinski definition) is 1. The van der Waals surface area contributed by atoms with E-state index >= 15 is 0 Å². The number of nitrogens with one attached hydrogen (secondary N) is 1. The van der Waals surface area contributed by atoms with E-state index in [1.807, 2.05) is 0 Å². The first-order valence-corrected chi connectivity index (χ1v) is 9.26. The maximum atomic E-state index is 13.8. The number of halogens is 4. The second-order valence-electron chi connectivity index (χ2n) is 7.34. The van der Waals surface area contributed by atoms with Gasteiger partial charge in [0.05, 0.1) is 17.4 Å². The van der Waals surface area contributed by atoms with Crippen molar-refractivity contribution in [1.29, 1.82) is 0 Å². The Kier molecular flexibility index (Phi) is 4.86. The first-order chi connectivity index (χ1) is 13.3. The smallest absolute Gasteiger partial charge is 0.339 e. The fourth-order valence-electron chi connectivity index (χ4n) is 4.15. The Morgan fingerprint density at radius 2 is 1.68 bits per heavy atom. The highest BCUT2D eigenvalue weighted by molar-refractivity contribution is 5.95. The van der Waals surface area contributed by atoms with E-state index in [1.165, 1.54) is 17.0 Å². The summed E-state index contributed by atoms with van der Waals surface area (Å²) in [5, 5.41) is 7.13. The molecule has 150 valence electrons. The van der Waals surface area contributed by atoms with E-state index in [0.29, 0.717) is 29.6 Å². The normalized spacial score (nSPS) is 22.8. The van der Waals surface area contributed by atoms with Gasteiger partial charge in [-0.2, -0.15) is 18.3 Å². The van der Waals surface area contributed by atoms with Crippen molar-refractivity contribution in [3.05, 3.63) is 47.5 Å². The van der Waals surface area contributed by atoms with Crippen LogP contribution in [-0.2, 0) is 6.18 Å². The minimum absolute atomic E-state index is 0.0456. The number of carbonyl (C=O) groups is 1. The minimum Gasteiger partial charge on any atom is -0.339 e. The standard InChI is InChI=1S/C19H20F4N4O/c20-14-1-3-15(4-2-14)27-17(19(21,22)23)16(11-25-27)18(28)26-7-5-12-9-24-10-13(12)6-8-26/h1-4,11-13,24H,5-10H2/t12-,13+. The Labute approximate surface area is 159 Å². The van der Waals surface area contributed by atoms with Crippen LogP contribution in [0.15, 0.2) is 30.5 Å². The molecule has 28 heavy (non-hydrogen) atoms. The molecule has 1 aromatic heterocycles. The minimum atomic E-state index is -4.78. The van der Waals surface area contributed by atoms with Crippen LogP contribution in [0, 0.1) is 17.7 Å². The average molecular weight is 396 g/mol. The largest absolute Gasteiger partial charge is 0.434 e. The lowest BCUT2D eigenvalue weighted by Gasteiger charge is -2.21. The number of benzene rings is 1. The van der Waals surface area contributed by atoms with Crippen LogP contribution >= 0.6 is 0 Å². The maximum absolute atomic E-state index is 13.8. The fraction of sp³-hybridized carbons (Fsp3) is 0.474. The summed E-state index contributed by atoms with van der Waals surface area (Å²) >= 11 is 0. The van der Waals surface area contributed by atoms with Crippen molar-refractivity contribution in [3.63, 3.8) is 0 Å². The van der Waals surface area contributed by atoms with E-state index in [2.05, 4.69) is 10.4 Å². The number of nitrogens with zero attached hydrogens (tertiary/aromatic N) is 3. The summed E-state index contributed by atoms with van der Waals surface area (Å²) in [7, 11) is 0. The molecule has 2 fully saturated rings. The molecular formula is C19H20F4N4O. The van der Waals surface area contributed by atoms with Crippen LogP contribution in [0.1, 0.15) is 28.9 Å². The fourth-order valence-corrected chi connectivity index (χ4v) is 4.15. The molecular weight excluding hydrogens is 376 g/mol. The molecule has 4 rings (SSSR count). The van der Waals surface area contributed by atoms with Crippen molar-refractivity contribution in [1.82, 2.24) is 20.0 Å². The van der Waals surface area contributed by atoms with Gasteiger partial charge in [-0.05, 0) is 62.0 Å². The molecule has 9 heteroatoms. The molecule has 5 nitrogen and oxygen atoms in total. The number of hydrogen-bond acceptors (Lipinski definition) is 3. The van der Waals surface area contributed by atoms with E-state index < -0.39 is 29.2 Å². The molecule has 2 atom stereocenters. The summed E-state index contributed by atoms with van der Waals surface area (Å²) in [6, 6.07) is 4.51. The third-order valence-electron chi connectivity index (χ3n) is 5.65. The first-order valence-electron chi connectivity index (χ1n) is 9.26. The Morgan fingerprint density at radius 1 is 1.07 bits per heavy atom. The molecule has 1 N–H and O–H groups in total. The molecule has 0 spiro atoms. The van der Waals surface area contributed by atoms with Crippen LogP contribution in [0.5, 0.6) is 0 Å². The van der Waals surface area contributed by atoms with Gasteiger partial charge in [0.1, 0.15) is 5.82 Å². The first kappa shape index (κ1) is 18.9. The molecule has 0 unspecified atom stereocenters. The van der Waals surface area contributed by atoms with Crippen molar-refractivity contribution >= 4 is 5.91 Å². The lowest BCUT2D eigenvalue weighted by molar-refractivity contribution is -0.143. The van der Waals surface area contributed by atoms with Gasteiger partial charge in [0.15, 0.2) is 5.69 Å². The summed E-state index contributed by atoms with van der Waals surface area (Å²) in [6.45, 7) is 2.65. The highest BCUT2D eigenvalue weighted by atomic mass is 19.4. The van der Waals surface area contributed by atoms with Gasteiger partial charge < -0.3 is 10.2 Å². The Morgan fingerprint density at radius 3 is 2.25 bits per heavy atom. The third kappa shape index (κ3) is 3.50. The number of amides is 1. The molecule has 2 aliphatic rings. The topological polar surface area (TPSA) is 50.2 Å². The number of fused-ring (bicyclic) bond motifs is 1. The summed E-state index contributed by atoms with van der Waals surface area (Å²) in [6.07, 6.45) is -2.27. The summed E-state index contributed by atoms with van der Waals surface area (Å²) < 4.78 is 55.2. The van der Waals surface area contributed by atoms with E-state index in [-0.39, 0.29) is 5.69 Å². The zero-order valence-corrected chi connectivity index (χ0v) is 15.0. The van der Waals surface area contributed by atoms with Gasteiger partial charge in [0.2, 0.25) is 0 Å². The van der Waals surface area contributed by atoms with E-state index in [4.69, 9.17) is 0 Å². The Balaban J connectivity index is 1.65. The van der Waals surface area contributed by atoms with Gasteiger partial charge in [-0.1, -0.05) is 0 Å². The lowest BCUT2D eigenvalue weighted by atomic mass is 9.92. The number of carbonyl (C=O) groups excluding carboxylic acids is 1. The highest BCUT2D eigenvalue weighted by Gasteiger charge is 2.42. The monoisotopic (exact) mass is 396 g/mol. The van der Waals surface area contributed by atoms with Crippen LogP contribution in [-0.4, -0.2) is 46.8 Å². The number of rotatable bonds is 2. The summed E-state index contributed by atoms with van der Waals surface area (Å²) in [5.41, 5.74) is -1.55. The van der Waals surface area contributed by atoms with Crippen molar-refractivity contribution < 1.29 is 22.4 Å². The van der Waals surface area contributed by atoms with Crippen molar-refractivity contribution in [3.8, 4) is 5.69 Å². The zero-order chi connectivity index (χ0) is 19.9. The molecule has 0 saturated carbocycles. The molecule has 2 aromatic rings. The van der Waals surface area contributed by atoms with Gasteiger partial charge in [-0.3, -0.25) is 4.79 Å². The van der Waals surface area contributed by atoms with Crippen LogP contribution in [0.2, 0.25) is 0 Å². The van der Waals surface area contributed by atoms with Crippen molar-refractivity contribution in [2.24, 2.45) is 11.8 Å². The van der Waals surface area contributed by atoms with Crippen LogP contribution in [0.4, 0.5) is 17.6 Å². The Bertz CT molecular complexity index is 848. The van der Waals surface area contributed by atoms with Gasteiger partial charge in [-0.15, -0.1) is 0 Å². The molecule has 0 radical (unpaired) electrons. The molecule has 1 amide bonds. The quantitative estimate of drug-likeness (QED) is 0.794. The van der Waals surface area contributed by atoms with E-state index in [9.17, 15) is 22.4 Å². The van der Waals surface area contributed by atoms with Crippen LogP contribution in [0.3, 0.4) is 0 Å². The van der Waals surface area contributed by atoms with E-state index in [0.717, 1.165) is 44.3 Å². The van der Waals surface area contributed by atoms with Crippen molar-refractivity contribution in [2.75, 3.05) is 26.2 Å². The van der Waals surface area contributed by atoms with E-state index in [1.54, 1.807) is 0 Å². The Hall–Kier alpha value is -2.42. The molecule has 2 saturated heterocycles. The SMILES string of the molecule is O=C(c1cnn(-c2ccc(F)cc2)c1C(F)(F)F)N1CC[C@@H]2CNC[C@@H]2CC1. The lowest BCUT2D eigenvalue weighted by Crippen LogP contribution is -2.34. The summed E-state index contributed by atoms with van der Waals surface area (Å²) in [4.78, 5) is 14.4. The molecule has 0 aliphatic carbocycles. The number of alkyl halides is 3.